The van der Waals surface area contributed by atoms with Crippen LogP contribution in [0.15, 0.2) is 11.4 Å². The van der Waals surface area contributed by atoms with Crippen LogP contribution in [-0.4, -0.2) is 28.4 Å². The summed E-state index contributed by atoms with van der Waals surface area (Å²) < 4.78 is 0. The standard InChI is InChI=1S/C10H16N2O3/c1-6(2)3-4-12-8(13)5-7(9(12)11)10(14)15/h6H,3-5,11H2,1-2H3,(H,14,15). The second-order valence-electron chi connectivity index (χ2n) is 4.07. The molecule has 0 aromatic heterocycles. The number of hydrogen-bond donors (Lipinski definition) is 2. The molecule has 5 heteroatoms. The summed E-state index contributed by atoms with van der Waals surface area (Å²) in [6.07, 6.45) is 0.735. The highest BCUT2D eigenvalue weighted by molar-refractivity contribution is 5.98. The topological polar surface area (TPSA) is 83.6 Å². The van der Waals surface area contributed by atoms with Crippen molar-refractivity contribution < 1.29 is 14.7 Å². The number of rotatable bonds is 4. The van der Waals surface area contributed by atoms with E-state index in [1.54, 1.807) is 0 Å². The van der Waals surface area contributed by atoms with E-state index in [0.29, 0.717) is 12.5 Å². The number of aliphatic carboxylic acids is 1. The molecule has 0 unspecified atom stereocenters. The fourth-order valence-electron chi connectivity index (χ4n) is 1.45. The van der Waals surface area contributed by atoms with Gasteiger partial charge in [0.05, 0.1) is 12.0 Å². The monoisotopic (exact) mass is 212 g/mol. The molecular formula is C10H16N2O3. The highest BCUT2D eigenvalue weighted by atomic mass is 16.4. The molecule has 1 rings (SSSR count). The van der Waals surface area contributed by atoms with Crippen LogP contribution in [0.5, 0.6) is 0 Å². The Morgan fingerprint density at radius 1 is 1.60 bits per heavy atom. The van der Waals surface area contributed by atoms with E-state index < -0.39 is 5.97 Å². The third-order valence-electron chi connectivity index (χ3n) is 2.42. The van der Waals surface area contributed by atoms with E-state index in [1.165, 1.54) is 4.90 Å². The molecule has 0 fully saturated rings. The predicted octanol–water partition coefficient (Wildman–Crippen LogP) is 0.520. The number of carboxylic acids is 1. The Morgan fingerprint density at radius 2 is 2.20 bits per heavy atom. The number of carboxylic acid groups (broad SMARTS) is 1. The zero-order chi connectivity index (χ0) is 11.6. The average molecular weight is 212 g/mol. The Balaban J connectivity index is 2.73. The Hall–Kier alpha value is -1.52. The molecule has 0 aromatic carbocycles. The molecule has 5 nitrogen and oxygen atoms in total. The largest absolute Gasteiger partial charge is 0.478 e. The van der Waals surface area contributed by atoms with Gasteiger partial charge in [-0.25, -0.2) is 4.79 Å². The van der Waals surface area contributed by atoms with Crippen LogP contribution in [0.2, 0.25) is 0 Å². The number of carbonyl (C=O) groups excluding carboxylic acids is 1. The van der Waals surface area contributed by atoms with Gasteiger partial charge in [-0.05, 0) is 12.3 Å². The second-order valence-corrected chi connectivity index (χ2v) is 4.07. The summed E-state index contributed by atoms with van der Waals surface area (Å²) in [4.78, 5) is 23.5. The van der Waals surface area contributed by atoms with E-state index in [1.807, 2.05) is 13.8 Å². The summed E-state index contributed by atoms with van der Waals surface area (Å²) in [7, 11) is 0. The van der Waals surface area contributed by atoms with Gasteiger partial charge >= 0.3 is 5.97 Å². The first-order chi connectivity index (χ1) is 6.93. The van der Waals surface area contributed by atoms with E-state index in [0.717, 1.165) is 6.42 Å². The minimum Gasteiger partial charge on any atom is -0.478 e. The summed E-state index contributed by atoms with van der Waals surface area (Å²) >= 11 is 0. The Labute approximate surface area is 88.5 Å². The summed E-state index contributed by atoms with van der Waals surface area (Å²) in [5.74, 6) is -0.758. The van der Waals surface area contributed by atoms with Crippen LogP contribution in [-0.2, 0) is 9.59 Å². The number of amides is 1. The van der Waals surface area contributed by atoms with Crippen LogP contribution in [0.1, 0.15) is 26.7 Å². The first kappa shape index (κ1) is 11.6. The van der Waals surface area contributed by atoms with E-state index in [-0.39, 0.29) is 23.7 Å². The number of carbonyl (C=O) groups is 2. The third kappa shape index (κ3) is 2.49. The van der Waals surface area contributed by atoms with Gasteiger partial charge in [0.2, 0.25) is 5.91 Å². The van der Waals surface area contributed by atoms with Crippen molar-refractivity contribution in [3.8, 4) is 0 Å². The van der Waals surface area contributed by atoms with Crippen LogP contribution in [0.3, 0.4) is 0 Å². The summed E-state index contributed by atoms with van der Waals surface area (Å²) in [6, 6.07) is 0. The molecule has 0 radical (unpaired) electrons. The highest BCUT2D eigenvalue weighted by Crippen LogP contribution is 2.21. The van der Waals surface area contributed by atoms with Gasteiger partial charge in [-0.15, -0.1) is 0 Å². The maximum atomic E-state index is 11.5. The van der Waals surface area contributed by atoms with Crippen LogP contribution in [0.25, 0.3) is 0 Å². The molecule has 0 spiro atoms. The molecule has 3 N–H and O–H groups in total. The predicted molar refractivity (Wildman–Crippen MR) is 54.6 cm³/mol. The van der Waals surface area contributed by atoms with Crippen molar-refractivity contribution in [1.29, 1.82) is 0 Å². The molecule has 0 bridgehead atoms. The maximum absolute atomic E-state index is 11.5. The number of nitrogens with two attached hydrogens (primary N) is 1. The van der Waals surface area contributed by atoms with Gasteiger partial charge < -0.3 is 10.8 Å². The number of hydrogen-bond acceptors (Lipinski definition) is 3. The average Bonchev–Trinajstić information content (AvgIpc) is 2.39. The molecular weight excluding hydrogens is 196 g/mol. The van der Waals surface area contributed by atoms with Crippen molar-refractivity contribution in [3.63, 3.8) is 0 Å². The van der Waals surface area contributed by atoms with Gasteiger partial charge in [0.15, 0.2) is 0 Å². The van der Waals surface area contributed by atoms with Crippen molar-refractivity contribution in [2.24, 2.45) is 11.7 Å². The molecule has 0 aliphatic carbocycles. The molecule has 1 amide bonds. The highest BCUT2D eigenvalue weighted by Gasteiger charge is 2.31. The molecule has 1 heterocycles. The van der Waals surface area contributed by atoms with Gasteiger partial charge in [-0.2, -0.15) is 0 Å². The molecule has 0 saturated carbocycles. The van der Waals surface area contributed by atoms with Crippen molar-refractivity contribution in [1.82, 2.24) is 4.90 Å². The summed E-state index contributed by atoms with van der Waals surface area (Å²) in [6.45, 7) is 4.58. The van der Waals surface area contributed by atoms with Gasteiger partial charge in [0, 0.05) is 6.54 Å². The van der Waals surface area contributed by atoms with E-state index in [4.69, 9.17) is 10.8 Å². The van der Waals surface area contributed by atoms with Gasteiger partial charge in [-0.3, -0.25) is 9.69 Å². The van der Waals surface area contributed by atoms with Gasteiger partial charge in [-0.1, -0.05) is 13.8 Å². The van der Waals surface area contributed by atoms with Crippen LogP contribution in [0, 0.1) is 5.92 Å². The number of nitrogens with zero attached hydrogens (tertiary/aromatic N) is 1. The van der Waals surface area contributed by atoms with Crippen LogP contribution >= 0.6 is 0 Å². The van der Waals surface area contributed by atoms with E-state index in [2.05, 4.69) is 0 Å². The van der Waals surface area contributed by atoms with Gasteiger partial charge in [0.1, 0.15) is 5.82 Å². The van der Waals surface area contributed by atoms with E-state index >= 15 is 0 Å². The molecule has 1 aliphatic heterocycles. The SMILES string of the molecule is CC(C)CCN1C(=O)CC(C(=O)O)=C1N. The normalized spacial score (nSPS) is 16.7. The zero-order valence-corrected chi connectivity index (χ0v) is 8.99. The lowest BCUT2D eigenvalue weighted by Gasteiger charge is -2.18. The summed E-state index contributed by atoms with van der Waals surface area (Å²) in [5, 5.41) is 8.78. The summed E-state index contributed by atoms with van der Waals surface area (Å²) in [5.41, 5.74) is 5.62. The first-order valence-corrected chi connectivity index (χ1v) is 4.95. The Kier molecular flexibility index (Phi) is 3.34. The zero-order valence-electron chi connectivity index (χ0n) is 8.99. The quantitative estimate of drug-likeness (QED) is 0.711. The maximum Gasteiger partial charge on any atom is 0.335 e. The Morgan fingerprint density at radius 3 is 2.60 bits per heavy atom. The minimum absolute atomic E-state index is 0.0174. The van der Waals surface area contributed by atoms with Gasteiger partial charge in [0.25, 0.3) is 0 Å². The lowest BCUT2D eigenvalue weighted by molar-refractivity contribution is -0.134. The van der Waals surface area contributed by atoms with Crippen molar-refractivity contribution in [3.05, 3.63) is 11.4 Å². The fraction of sp³-hybridized carbons (Fsp3) is 0.600. The van der Waals surface area contributed by atoms with Crippen LogP contribution in [0.4, 0.5) is 0 Å². The molecule has 1 aliphatic rings. The van der Waals surface area contributed by atoms with Crippen molar-refractivity contribution in [2.75, 3.05) is 6.54 Å². The molecule has 0 saturated heterocycles. The molecule has 84 valence electrons. The lowest BCUT2D eigenvalue weighted by Crippen LogP contribution is -2.30. The minimum atomic E-state index is -1.10. The molecule has 15 heavy (non-hydrogen) atoms. The van der Waals surface area contributed by atoms with Crippen molar-refractivity contribution in [2.45, 2.75) is 26.7 Å². The first-order valence-electron chi connectivity index (χ1n) is 4.95. The fourth-order valence-corrected chi connectivity index (χ4v) is 1.45. The van der Waals surface area contributed by atoms with Crippen LogP contribution < -0.4 is 5.73 Å². The molecule has 0 atom stereocenters. The lowest BCUT2D eigenvalue weighted by atomic mass is 10.1. The van der Waals surface area contributed by atoms with Crippen molar-refractivity contribution >= 4 is 11.9 Å². The smallest absolute Gasteiger partial charge is 0.335 e. The van der Waals surface area contributed by atoms with E-state index in [9.17, 15) is 9.59 Å². The Bertz CT molecular complexity index is 321. The second kappa shape index (κ2) is 4.33. The molecule has 0 aromatic rings. The third-order valence-corrected chi connectivity index (χ3v) is 2.42.